The van der Waals surface area contributed by atoms with Crippen molar-refractivity contribution in [2.24, 2.45) is 5.92 Å². The Labute approximate surface area is 185 Å². The van der Waals surface area contributed by atoms with Crippen LogP contribution in [-0.2, 0) is 17.6 Å². The molecule has 1 atom stereocenters. The molecule has 0 bridgehead atoms. The Morgan fingerprint density at radius 2 is 2.03 bits per heavy atom. The van der Waals surface area contributed by atoms with Gasteiger partial charge in [-0.05, 0) is 50.0 Å². The maximum atomic E-state index is 12.7. The zero-order valence-corrected chi connectivity index (χ0v) is 19.6. The van der Waals surface area contributed by atoms with Gasteiger partial charge in [0.05, 0.1) is 11.1 Å². The third kappa shape index (κ3) is 3.51. The zero-order valence-electron chi connectivity index (χ0n) is 18.0. The number of amides is 1. The Morgan fingerprint density at radius 1 is 1.23 bits per heavy atom. The highest BCUT2D eigenvalue weighted by molar-refractivity contribution is 7.99. The number of nitrogens with zero attached hydrogens (tertiary/aromatic N) is 5. The Balaban J connectivity index is 1.53. The molecule has 2 aliphatic rings. The van der Waals surface area contributed by atoms with Gasteiger partial charge in [0.25, 0.3) is 0 Å². The number of carbonyl (C=O) groups excluding carboxylic acids is 1. The number of piperidine rings is 1. The summed E-state index contributed by atoms with van der Waals surface area (Å²) < 4.78 is 2.12. The molecule has 1 fully saturated rings. The minimum Gasteiger partial charge on any atom is -0.342 e. The molecule has 4 heterocycles. The maximum Gasteiger partial charge on any atom is 0.233 e. The molecule has 5 rings (SSSR count). The number of fused-ring (bicyclic) bond motifs is 5. The molecule has 6 nitrogen and oxygen atoms in total. The lowest BCUT2D eigenvalue weighted by molar-refractivity contribution is -0.129. The average molecular weight is 444 g/mol. The van der Waals surface area contributed by atoms with E-state index >= 15 is 0 Å². The molecule has 3 aromatic rings. The van der Waals surface area contributed by atoms with Gasteiger partial charge in [0.1, 0.15) is 10.7 Å². The molecule has 0 saturated carbocycles. The number of hydrogen-bond acceptors (Lipinski definition) is 6. The molecule has 0 radical (unpaired) electrons. The van der Waals surface area contributed by atoms with Crippen molar-refractivity contribution in [2.75, 3.05) is 18.8 Å². The molecule has 0 N–H and O–H groups in total. The first-order chi connectivity index (χ1) is 14.5. The molecule has 1 amide bonds. The van der Waals surface area contributed by atoms with Crippen LogP contribution in [0.5, 0.6) is 0 Å². The Hall–Kier alpha value is -1.67. The average Bonchev–Trinajstić information content (AvgIpc) is 3.32. The number of hydrogen-bond donors (Lipinski definition) is 0. The van der Waals surface area contributed by atoms with Crippen molar-refractivity contribution < 1.29 is 4.79 Å². The molecule has 1 aliphatic heterocycles. The topological polar surface area (TPSA) is 63.4 Å². The van der Waals surface area contributed by atoms with Crippen molar-refractivity contribution >= 4 is 44.9 Å². The summed E-state index contributed by atoms with van der Waals surface area (Å²) in [6.07, 6.45) is 6.92. The number of carbonyl (C=O) groups is 1. The molecular formula is C22H29N5OS2. The van der Waals surface area contributed by atoms with E-state index in [4.69, 9.17) is 4.98 Å². The van der Waals surface area contributed by atoms with Crippen LogP contribution < -0.4 is 0 Å². The molecule has 8 heteroatoms. The third-order valence-corrected chi connectivity index (χ3v) is 8.41. The van der Waals surface area contributed by atoms with E-state index in [2.05, 4.69) is 35.4 Å². The summed E-state index contributed by atoms with van der Waals surface area (Å²) in [6, 6.07) is 0. The molecule has 160 valence electrons. The fraction of sp³-hybridized carbons (Fsp3) is 0.636. The lowest BCUT2D eigenvalue weighted by atomic mass is 9.89. The summed E-state index contributed by atoms with van der Waals surface area (Å²) in [5.74, 6) is 2.59. The summed E-state index contributed by atoms with van der Waals surface area (Å²) in [4.78, 5) is 22.3. The lowest BCUT2D eigenvalue weighted by Crippen LogP contribution is -2.36. The van der Waals surface area contributed by atoms with Gasteiger partial charge in [-0.25, -0.2) is 4.98 Å². The standard InChI is InChI=1S/C22H29N5OS2/c1-13(2)19-23-21-18(15-8-7-14(3)11-16(15)30-21)20-24-25-22(27(19)20)29-12-17(28)26-9-5-4-6-10-26/h13-14H,4-12H2,1-3H3. The van der Waals surface area contributed by atoms with E-state index in [0.29, 0.717) is 5.75 Å². The SMILES string of the molecule is CC1CCc2c(sc3nc(C(C)C)n4c(SCC(=O)N5CCCCC5)nnc4c23)C1. The molecule has 1 aliphatic carbocycles. The summed E-state index contributed by atoms with van der Waals surface area (Å²) in [6.45, 7) is 8.44. The van der Waals surface area contributed by atoms with Crippen LogP contribution in [0.15, 0.2) is 5.16 Å². The second-order valence-electron chi connectivity index (χ2n) is 9.03. The molecular weight excluding hydrogens is 414 g/mol. The highest BCUT2D eigenvalue weighted by Gasteiger charge is 2.26. The monoisotopic (exact) mass is 443 g/mol. The van der Waals surface area contributed by atoms with Gasteiger partial charge >= 0.3 is 0 Å². The maximum absolute atomic E-state index is 12.7. The normalized spacial score (nSPS) is 19.7. The van der Waals surface area contributed by atoms with Crippen LogP contribution in [0.25, 0.3) is 15.9 Å². The number of thiophene rings is 1. The predicted octanol–water partition coefficient (Wildman–Crippen LogP) is 4.69. The Bertz CT molecular complexity index is 1100. The second-order valence-corrected chi connectivity index (χ2v) is 11.1. The van der Waals surface area contributed by atoms with Gasteiger partial charge in [0, 0.05) is 23.9 Å². The van der Waals surface area contributed by atoms with Crippen LogP contribution in [0.1, 0.15) is 68.6 Å². The summed E-state index contributed by atoms with van der Waals surface area (Å²) in [5.41, 5.74) is 2.35. The van der Waals surface area contributed by atoms with Crippen LogP contribution >= 0.6 is 23.1 Å². The van der Waals surface area contributed by atoms with E-state index in [1.54, 1.807) is 0 Å². The van der Waals surface area contributed by atoms with Gasteiger partial charge in [-0.3, -0.25) is 9.20 Å². The first-order valence-corrected chi connectivity index (χ1v) is 12.9. The van der Waals surface area contributed by atoms with Crippen molar-refractivity contribution in [3.8, 4) is 0 Å². The van der Waals surface area contributed by atoms with E-state index in [-0.39, 0.29) is 11.8 Å². The highest BCUT2D eigenvalue weighted by Crippen LogP contribution is 2.40. The molecule has 1 saturated heterocycles. The van der Waals surface area contributed by atoms with Crippen molar-refractivity contribution in [3.05, 3.63) is 16.3 Å². The fourth-order valence-corrected chi connectivity index (χ4v) is 6.91. The van der Waals surface area contributed by atoms with Crippen LogP contribution in [0, 0.1) is 5.92 Å². The number of aryl methyl sites for hydroxylation is 1. The summed E-state index contributed by atoms with van der Waals surface area (Å²) in [7, 11) is 0. The van der Waals surface area contributed by atoms with Crippen molar-refractivity contribution in [2.45, 2.75) is 70.4 Å². The summed E-state index contributed by atoms with van der Waals surface area (Å²) in [5, 5.41) is 11.1. The van der Waals surface area contributed by atoms with Crippen molar-refractivity contribution in [3.63, 3.8) is 0 Å². The number of thioether (sulfide) groups is 1. The Morgan fingerprint density at radius 3 is 2.80 bits per heavy atom. The van der Waals surface area contributed by atoms with E-state index in [0.717, 1.165) is 66.1 Å². The zero-order chi connectivity index (χ0) is 20.8. The van der Waals surface area contributed by atoms with E-state index in [9.17, 15) is 4.79 Å². The lowest BCUT2D eigenvalue weighted by Gasteiger charge is -2.26. The van der Waals surface area contributed by atoms with Gasteiger partial charge < -0.3 is 4.90 Å². The van der Waals surface area contributed by atoms with Gasteiger partial charge in [0.2, 0.25) is 5.91 Å². The van der Waals surface area contributed by atoms with Gasteiger partial charge in [0.15, 0.2) is 10.8 Å². The minimum absolute atomic E-state index is 0.207. The summed E-state index contributed by atoms with van der Waals surface area (Å²) >= 11 is 3.34. The first-order valence-electron chi connectivity index (χ1n) is 11.1. The molecule has 30 heavy (non-hydrogen) atoms. The Kier molecular flexibility index (Phi) is 5.47. The molecule has 0 spiro atoms. The number of likely N-dealkylation sites (tertiary alicyclic amines) is 1. The third-order valence-electron chi connectivity index (χ3n) is 6.35. The smallest absolute Gasteiger partial charge is 0.233 e. The molecule has 0 aromatic carbocycles. The van der Waals surface area contributed by atoms with Crippen LogP contribution in [0.3, 0.4) is 0 Å². The number of rotatable bonds is 4. The molecule has 1 unspecified atom stereocenters. The van der Waals surface area contributed by atoms with Crippen LogP contribution in [0.4, 0.5) is 0 Å². The highest BCUT2D eigenvalue weighted by atomic mass is 32.2. The van der Waals surface area contributed by atoms with Crippen LogP contribution in [0.2, 0.25) is 0 Å². The largest absolute Gasteiger partial charge is 0.342 e. The minimum atomic E-state index is 0.207. The second kappa shape index (κ2) is 8.11. The van der Waals surface area contributed by atoms with E-state index in [1.165, 1.54) is 40.4 Å². The van der Waals surface area contributed by atoms with E-state index < -0.39 is 0 Å². The predicted molar refractivity (Wildman–Crippen MR) is 123 cm³/mol. The van der Waals surface area contributed by atoms with Crippen LogP contribution in [-0.4, -0.2) is 49.2 Å². The first kappa shape index (κ1) is 20.2. The van der Waals surface area contributed by atoms with Crippen molar-refractivity contribution in [1.82, 2.24) is 24.5 Å². The number of aromatic nitrogens is 4. The van der Waals surface area contributed by atoms with E-state index in [1.807, 2.05) is 16.2 Å². The fourth-order valence-electron chi connectivity index (χ4n) is 4.68. The van der Waals surface area contributed by atoms with Crippen molar-refractivity contribution in [1.29, 1.82) is 0 Å². The van der Waals surface area contributed by atoms with Gasteiger partial charge in [-0.2, -0.15) is 0 Å². The quantitative estimate of drug-likeness (QED) is 0.547. The molecule has 3 aromatic heterocycles. The van der Waals surface area contributed by atoms with Gasteiger partial charge in [-0.15, -0.1) is 21.5 Å². The van der Waals surface area contributed by atoms with Gasteiger partial charge in [-0.1, -0.05) is 32.5 Å².